The van der Waals surface area contributed by atoms with Gasteiger partial charge in [-0.25, -0.2) is 4.99 Å². The normalized spacial score (nSPS) is 17.5. The van der Waals surface area contributed by atoms with Crippen LogP contribution in [0.25, 0.3) is 0 Å². The molecule has 3 rings (SSSR count). The first kappa shape index (κ1) is 12.2. The number of carbonyl (C=O) groups is 1. The van der Waals surface area contributed by atoms with Crippen molar-refractivity contribution in [2.75, 3.05) is 5.32 Å². The minimum atomic E-state index is -1.15. The monoisotopic (exact) mass is 265 g/mol. The van der Waals surface area contributed by atoms with Crippen molar-refractivity contribution in [3.8, 4) is 0 Å². The van der Waals surface area contributed by atoms with Gasteiger partial charge in [0.2, 0.25) is 6.04 Å². The van der Waals surface area contributed by atoms with Gasteiger partial charge in [-0.15, -0.1) is 4.91 Å². The fourth-order valence-corrected chi connectivity index (χ4v) is 2.12. The third-order valence-electron chi connectivity index (χ3n) is 3.09. The Kier molecular flexibility index (Phi) is 3.09. The summed E-state index contributed by atoms with van der Waals surface area (Å²) < 4.78 is 0. The summed E-state index contributed by atoms with van der Waals surface area (Å²) in [5, 5.41) is 5.61. The highest BCUT2D eigenvalue weighted by Gasteiger charge is 2.30. The summed E-state index contributed by atoms with van der Waals surface area (Å²) in [7, 11) is 0. The number of anilines is 1. The number of para-hydroxylation sites is 2. The van der Waals surface area contributed by atoms with Crippen molar-refractivity contribution >= 4 is 23.0 Å². The van der Waals surface area contributed by atoms with E-state index in [1.807, 2.05) is 24.3 Å². The molecule has 1 aliphatic heterocycles. The number of aliphatic imine (C=N–C) groups is 1. The molecule has 1 aliphatic rings. The molecule has 0 bridgehead atoms. The van der Waals surface area contributed by atoms with Crippen LogP contribution in [0.3, 0.4) is 0 Å². The van der Waals surface area contributed by atoms with Crippen molar-refractivity contribution in [1.29, 1.82) is 0 Å². The van der Waals surface area contributed by atoms with E-state index < -0.39 is 11.9 Å². The minimum Gasteiger partial charge on any atom is -0.322 e. The maximum Gasteiger partial charge on any atom is 0.259 e. The van der Waals surface area contributed by atoms with Crippen molar-refractivity contribution in [3.05, 3.63) is 65.1 Å². The number of nitroso groups, excluding NO2 is 1. The molecular formula is C15H11N3O2. The molecule has 1 atom stereocenters. The molecule has 1 amide bonds. The van der Waals surface area contributed by atoms with Gasteiger partial charge in [-0.05, 0) is 22.9 Å². The first-order chi connectivity index (χ1) is 9.79. The molecule has 0 aliphatic carbocycles. The van der Waals surface area contributed by atoms with Crippen molar-refractivity contribution in [2.24, 2.45) is 10.2 Å². The molecule has 98 valence electrons. The van der Waals surface area contributed by atoms with Gasteiger partial charge in [0, 0.05) is 0 Å². The van der Waals surface area contributed by atoms with Crippen LogP contribution in [0.15, 0.2) is 64.8 Å². The Bertz CT molecular complexity index is 695. The average molecular weight is 265 g/mol. The highest BCUT2D eigenvalue weighted by atomic mass is 16.3. The number of hydrogen-bond donors (Lipinski definition) is 1. The smallest absolute Gasteiger partial charge is 0.259 e. The summed E-state index contributed by atoms with van der Waals surface area (Å²) in [5.41, 5.74) is 2.27. The molecule has 0 spiro atoms. The Balaban J connectivity index is 2.19. The van der Waals surface area contributed by atoms with Crippen molar-refractivity contribution in [1.82, 2.24) is 0 Å². The molecule has 0 fully saturated rings. The number of hydrogen-bond acceptors (Lipinski definition) is 4. The number of benzene rings is 2. The van der Waals surface area contributed by atoms with Gasteiger partial charge in [-0.1, -0.05) is 42.5 Å². The highest BCUT2D eigenvalue weighted by Crippen LogP contribution is 2.29. The van der Waals surface area contributed by atoms with E-state index in [4.69, 9.17) is 0 Å². The summed E-state index contributed by atoms with van der Waals surface area (Å²) >= 11 is 0. The lowest BCUT2D eigenvalue weighted by Gasteiger charge is -2.09. The number of rotatable bonds is 2. The molecule has 0 radical (unpaired) electrons. The number of carbonyl (C=O) groups excluding carboxylic acids is 1. The molecule has 0 saturated heterocycles. The summed E-state index contributed by atoms with van der Waals surface area (Å²) in [6.45, 7) is 0. The van der Waals surface area contributed by atoms with Crippen molar-refractivity contribution < 1.29 is 4.79 Å². The van der Waals surface area contributed by atoms with Crippen LogP contribution in [0.4, 0.5) is 11.4 Å². The van der Waals surface area contributed by atoms with Crippen LogP contribution in [-0.4, -0.2) is 17.7 Å². The van der Waals surface area contributed by atoms with Gasteiger partial charge in [0.15, 0.2) is 0 Å². The van der Waals surface area contributed by atoms with Crippen LogP contribution in [0.2, 0.25) is 0 Å². The second-order valence-electron chi connectivity index (χ2n) is 4.38. The van der Waals surface area contributed by atoms with Gasteiger partial charge in [0.1, 0.15) is 0 Å². The van der Waals surface area contributed by atoms with Gasteiger partial charge in [-0.3, -0.25) is 4.79 Å². The number of amides is 1. The SMILES string of the molecule is O=NC1C(=O)Nc2ccccc2N=C1c1ccccc1. The average Bonchev–Trinajstić information content (AvgIpc) is 2.63. The van der Waals surface area contributed by atoms with Crippen LogP contribution >= 0.6 is 0 Å². The third kappa shape index (κ3) is 2.09. The topological polar surface area (TPSA) is 70.9 Å². The van der Waals surface area contributed by atoms with E-state index in [2.05, 4.69) is 15.5 Å². The lowest BCUT2D eigenvalue weighted by atomic mass is 10.0. The standard InChI is InChI=1S/C15H11N3O2/c19-15-14(18-20)13(10-6-2-1-3-7-10)16-11-8-4-5-9-12(11)17-15/h1-9,14H,(H,17,19). The fourth-order valence-electron chi connectivity index (χ4n) is 2.12. The minimum absolute atomic E-state index is 0.364. The quantitative estimate of drug-likeness (QED) is 0.848. The summed E-state index contributed by atoms with van der Waals surface area (Å²) in [6, 6.07) is 15.1. The van der Waals surface area contributed by atoms with E-state index in [-0.39, 0.29) is 0 Å². The molecule has 5 nitrogen and oxygen atoms in total. The zero-order valence-corrected chi connectivity index (χ0v) is 10.5. The van der Waals surface area contributed by atoms with Crippen molar-refractivity contribution in [3.63, 3.8) is 0 Å². The molecule has 1 unspecified atom stereocenters. The van der Waals surface area contributed by atoms with Crippen LogP contribution < -0.4 is 5.32 Å². The van der Waals surface area contributed by atoms with Crippen LogP contribution in [0.1, 0.15) is 5.56 Å². The number of nitrogens with one attached hydrogen (secondary N) is 1. The lowest BCUT2D eigenvalue weighted by Crippen LogP contribution is -2.32. The largest absolute Gasteiger partial charge is 0.322 e. The number of fused-ring (bicyclic) bond motifs is 1. The fraction of sp³-hybridized carbons (Fsp3) is 0.0667. The summed E-state index contributed by atoms with van der Waals surface area (Å²) in [5.74, 6) is -0.465. The maximum absolute atomic E-state index is 12.1. The second-order valence-corrected chi connectivity index (χ2v) is 4.38. The van der Waals surface area contributed by atoms with E-state index in [0.717, 1.165) is 0 Å². The van der Waals surface area contributed by atoms with E-state index in [9.17, 15) is 9.70 Å². The molecule has 5 heteroatoms. The zero-order valence-electron chi connectivity index (χ0n) is 10.5. The summed E-state index contributed by atoms with van der Waals surface area (Å²) in [4.78, 5) is 27.6. The molecule has 0 saturated carbocycles. The third-order valence-corrected chi connectivity index (χ3v) is 3.09. The van der Waals surface area contributed by atoms with E-state index in [1.165, 1.54) is 0 Å². The van der Waals surface area contributed by atoms with Gasteiger partial charge in [-0.2, -0.15) is 0 Å². The molecule has 1 N–H and O–H groups in total. The molecule has 0 aromatic heterocycles. The van der Waals surface area contributed by atoms with Gasteiger partial charge in [0.25, 0.3) is 5.91 Å². The first-order valence-electron chi connectivity index (χ1n) is 6.16. The van der Waals surface area contributed by atoms with Gasteiger partial charge in [0.05, 0.1) is 17.1 Å². The molecule has 1 heterocycles. The number of nitrogens with zero attached hydrogens (tertiary/aromatic N) is 2. The Morgan fingerprint density at radius 3 is 2.45 bits per heavy atom. The van der Waals surface area contributed by atoms with Crippen LogP contribution in [0.5, 0.6) is 0 Å². The Hall–Kier alpha value is -2.82. The predicted molar refractivity (Wildman–Crippen MR) is 77.3 cm³/mol. The maximum atomic E-state index is 12.1. The summed E-state index contributed by atoms with van der Waals surface area (Å²) in [6.07, 6.45) is 0. The molecule has 2 aromatic carbocycles. The molecule has 2 aromatic rings. The van der Waals surface area contributed by atoms with Gasteiger partial charge < -0.3 is 5.32 Å². The predicted octanol–water partition coefficient (Wildman–Crippen LogP) is 2.89. The Morgan fingerprint density at radius 1 is 1.00 bits per heavy atom. The van der Waals surface area contributed by atoms with E-state index >= 15 is 0 Å². The van der Waals surface area contributed by atoms with Crippen LogP contribution in [-0.2, 0) is 4.79 Å². The van der Waals surface area contributed by atoms with E-state index in [1.54, 1.807) is 30.3 Å². The van der Waals surface area contributed by atoms with E-state index in [0.29, 0.717) is 22.6 Å². The Morgan fingerprint density at radius 2 is 1.70 bits per heavy atom. The second kappa shape index (κ2) is 5.05. The molecular weight excluding hydrogens is 254 g/mol. The van der Waals surface area contributed by atoms with Gasteiger partial charge >= 0.3 is 0 Å². The molecule has 20 heavy (non-hydrogen) atoms. The Labute approximate surface area is 115 Å². The van der Waals surface area contributed by atoms with Crippen LogP contribution in [0, 0.1) is 4.91 Å². The van der Waals surface area contributed by atoms with Crippen molar-refractivity contribution in [2.45, 2.75) is 6.04 Å². The highest BCUT2D eigenvalue weighted by molar-refractivity contribution is 6.22. The first-order valence-corrected chi connectivity index (χ1v) is 6.16. The lowest BCUT2D eigenvalue weighted by molar-refractivity contribution is -0.116. The zero-order chi connectivity index (χ0) is 13.9.